The molecule has 2 unspecified atom stereocenters. The standard InChI is InChI=1S/C13H17N3OS/c1-9(18(2)17)8-15-13-11(7-14)6-10-4-3-5-12(10)16-13/h6,9H,3-5,8H2,1-2H3,(H,15,16). The number of rotatable bonds is 4. The van der Waals surface area contributed by atoms with Crippen LogP contribution in [0.5, 0.6) is 0 Å². The number of nitriles is 1. The number of aryl methyl sites for hydroxylation is 2. The van der Waals surface area contributed by atoms with Crippen molar-refractivity contribution < 1.29 is 4.21 Å². The zero-order valence-corrected chi connectivity index (χ0v) is 11.5. The second kappa shape index (κ2) is 5.49. The van der Waals surface area contributed by atoms with Crippen molar-refractivity contribution in [2.45, 2.75) is 31.4 Å². The third-order valence-electron chi connectivity index (χ3n) is 3.29. The molecule has 0 saturated heterocycles. The predicted molar refractivity (Wildman–Crippen MR) is 73.0 cm³/mol. The van der Waals surface area contributed by atoms with Crippen molar-refractivity contribution in [2.24, 2.45) is 0 Å². The Morgan fingerprint density at radius 2 is 2.39 bits per heavy atom. The number of hydrogen-bond acceptors (Lipinski definition) is 4. The molecular formula is C13H17N3OS. The molecule has 0 fully saturated rings. The van der Waals surface area contributed by atoms with Crippen molar-refractivity contribution in [3.05, 3.63) is 22.9 Å². The first kappa shape index (κ1) is 13.0. The summed E-state index contributed by atoms with van der Waals surface area (Å²) in [7, 11) is -0.865. The highest BCUT2D eigenvalue weighted by molar-refractivity contribution is 7.84. The van der Waals surface area contributed by atoms with Gasteiger partial charge in [0.15, 0.2) is 0 Å². The predicted octanol–water partition coefficient (Wildman–Crippen LogP) is 1.62. The molecule has 0 saturated carbocycles. The molecule has 1 aliphatic carbocycles. The van der Waals surface area contributed by atoms with E-state index in [1.54, 1.807) is 6.26 Å². The summed E-state index contributed by atoms with van der Waals surface area (Å²) in [5, 5.41) is 12.3. The van der Waals surface area contributed by atoms with Gasteiger partial charge in [-0.1, -0.05) is 0 Å². The lowest BCUT2D eigenvalue weighted by Crippen LogP contribution is -2.21. The Bertz CT molecular complexity index is 522. The third-order valence-corrected chi connectivity index (χ3v) is 4.59. The van der Waals surface area contributed by atoms with Gasteiger partial charge >= 0.3 is 0 Å². The van der Waals surface area contributed by atoms with E-state index in [1.807, 2.05) is 13.0 Å². The summed E-state index contributed by atoms with van der Waals surface area (Å²) < 4.78 is 11.3. The third kappa shape index (κ3) is 2.70. The lowest BCUT2D eigenvalue weighted by molar-refractivity contribution is 0.678. The molecule has 4 nitrogen and oxygen atoms in total. The quantitative estimate of drug-likeness (QED) is 0.896. The highest BCUT2D eigenvalue weighted by atomic mass is 32.2. The molecule has 1 aliphatic rings. The smallest absolute Gasteiger partial charge is 0.144 e. The van der Waals surface area contributed by atoms with E-state index in [0.717, 1.165) is 25.0 Å². The van der Waals surface area contributed by atoms with Crippen LogP contribution in [0.15, 0.2) is 6.07 Å². The fourth-order valence-corrected chi connectivity index (χ4v) is 2.37. The zero-order valence-electron chi connectivity index (χ0n) is 10.7. The molecule has 1 heterocycles. The zero-order chi connectivity index (χ0) is 13.1. The Hall–Kier alpha value is -1.41. The molecule has 5 heteroatoms. The lowest BCUT2D eigenvalue weighted by Gasteiger charge is -2.12. The van der Waals surface area contributed by atoms with Crippen LogP contribution < -0.4 is 5.32 Å². The van der Waals surface area contributed by atoms with Gasteiger partial charge in [0.05, 0.1) is 5.56 Å². The number of pyridine rings is 1. The van der Waals surface area contributed by atoms with E-state index in [9.17, 15) is 4.21 Å². The molecule has 1 aromatic heterocycles. The van der Waals surface area contributed by atoms with Crippen LogP contribution in [0.3, 0.4) is 0 Å². The molecule has 0 amide bonds. The highest BCUT2D eigenvalue weighted by Gasteiger charge is 2.17. The van der Waals surface area contributed by atoms with Crippen LogP contribution in [-0.2, 0) is 23.6 Å². The van der Waals surface area contributed by atoms with Crippen LogP contribution in [-0.4, -0.2) is 27.2 Å². The van der Waals surface area contributed by atoms with Crippen molar-refractivity contribution >= 4 is 16.6 Å². The highest BCUT2D eigenvalue weighted by Crippen LogP contribution is 2.24. The Morgan fingerprint density at radius 1 is 1.61 bits per heavy atom. The molecule has 1 N–H and O–H groups in total. The van der Waals surface area contributed by atoms with Crippen LogP contribution in [0.4, 0.5) is 5.82 Å². The molecule has 0 bridgehead atoms. The molecule has 2 atom stereocenters. The first-order valence-corrected chi connectivity index (χ1v) is 7.73. The second-order valence-corrected chi connectivity index (χ2v) is 6.45. The van der Waals surface area contributed by atoms with E-state index in [1.165, 1.54) is 5.56 Å². The van der Waals surface area contributed by atoms with Gasteiger partial charge in [-0.15, -0.1) is 0 Å². The van der Waals surface area contributed by atoms with Crippen LogP contribution in [0.1, 0.15) is 30.2 Å². The normalized spacial score (nSPS) is 16.7. The Kier molecular flexibility index (Phi) is 3.97. The Labute approximate surface area is 110 Å². The molecule has 18 heavy (non-hydrogen) atoms. The van der Waals surface area contributed by atoms with Gasteiger partial charge in [0.25, 0.3) is 0 Å². The van der Waals surface area contributed by atoms with Crippen LogP contribution in [0.25, 0.3) is 0 Å². The SMILES string of the molecule is CC(CNc1nc2c(cc1C#N)CCC2)S(C)=O. The van der Waals surface area contributed by atoms with Gasteiger partial charge in [0.1, 0.15) is 11.9 Å². The maximum absolute atomic E-state index is 11.3. The monoisotopic (exact) mass is 263 g/mol. The fourth-order valence-electron chi connectivity index (χ4n) is 2.05. The summed E-state index contributed by atoms with van der Waals surface area (Å²) in [5.41, 5.74) is 2.88. The first-order valence-electron chi connectivity index (χ1n) is 6.11. The van der Waals surface area contributed by atoms with Crippen molar-refractivity contribution in [1.29, 1.82) is 5.26 Å². The molecule has 1 aromatic rings. The average Bonchev–Trinajstić information content (AvgIpc) is 2.81. The van der Waals surface area contributed by atoms with Gasteiger partial charge in [0.2, 0.25) is 0 Å². The summed E-state index contributed by atoms with van der Waals surface area (Å²) in [6.07, 6.45) is 4.82. The number of hydrogen-bond donors (Lipinski definition) is 1. The van der Waals surface area contributed by atoms with Gasteiger partial charge in [-0.3, -0.25) is 4.21 Å². The van der Waals surface area contributed by atoms with Crippen LogP contribution >= 0.6 is 0 Å². The summed E-state index contributed by atoms with van der Waals surface area (Å²) in [6.45, 7) is 2.49. The minimum atomic E-state index is -0.865. The van der Waals surface area contributed by atoms with Crippen LogP contribution in [0.2, 0.25) is 0 Å². The minimum Gasteiger partial charge on any atom is -0.368 e. The topological polar surface area (TPSA) is 65.8 Å². The first-order chi connectivity index (χ1) is 8.61. The maximum atomic E-state index is 11.3. The van der Waals surface area contributed by atoms with E-state index in [0.29, 0.717) is 17.9 Å². The van der Waals surface area contributed by atoms with Crippen molar-refractivity contribution in [2.75, 3.05) is 18.1 Å². The van der Waals surface area contributed by atoms with Crippen molar-refractivity contribution in [3.63, 3.8) is 0 Å². The van der Waals surface area contributed by atoms with Gasteiger partial charge < -0.3 is 5.32 Å². The molecule has 0 radical (unpaired) electrons. The van der Waals surface area contributed by atoms with Crippen LogP contribution in [0, 0.1) is 11.3 Å². The van der Waals surface area contributed by atoms with E-state index in [-0.39, 0.29) is 5.25 Å². The lowest BCUT2D eigenvalue weighted by atomic mass is 10.1. The minimum absolute atomic E-state index is 0.0478. The Balaban J connectivity index is 2.17. The van der Waals surface area contributed by atoms with Gasteiger partial charge in [-0.05, 0) is 37.8 Å². The summed E-state index contributed by atoms with van der Waals surface area (Å²) in [4.78, 5) is 4.52. The van der Waals surface area contributed by atoms with E-state index >= 15 is 0 Å². The van der Waals surface area contributed by atoms with E-state index in [4.69, 9.17) is 5.26 Å². The van der Waals surface area contributed by atoms with E-state index in [2.05, 4.69) is 16.4 Å². The van der Waals surface area contributed by atoms with Gasteiger partial charge in [-0.25, -0.2) is 4.98 Å². The number of anilines is 1. The summed E-state index contributed by atoms with van der Waals surface area (Å²) in [5.74, 6) is 0.635. The number of fused-ring (bicyclic) bond motifs is 1. The fraction of sp³-hybridized carbons (Fsp3) is 0.538. The van der Waals surface area contributed by atoms with E-state index < -0.39 is 10.8 Å². The van der Waals surface area contributed by atoms with Crippen molar-refractivity contribution in [3.8, 4) is 6.07 Å². The maximum Gasteiger partial charge on any atom is 0.144 e. The molecule has 0 spiro atoms. The van der Waals surface area contributed by atoms with Gasteiger partial charge in [-0.2, -0.15) is 5.26 Å². The number of aromatic nitrogens is 1. The summed E-state index contributed by atoms with van der Waals surface area (Å²) >= 11 is 0. The molecule has 0 aliphatic heterocycles. The Morgan fingerprint density at radius 3 is 3.06 bits per heavy atom. The molecular weight excluding hydrogens is 246 g/mol. The number of nitrogens with one attached hydrogen (secondary N) is 1. The van der Waals surface area contributed by atoms with Crippen molar-refractivity contribution in [1.82, 2.24) is 4.98 Å². The molecule has 96 valence electrons. The molecule has 2 rings (SSSR count). The second-order valence-electron chi connectivity index (χ2n) is 4.65. The van der Waals surface area contributed by atoms with Gasteiger partial charge in [0, 0.05) is 34.5 Å². The summed E-state index contributed by atoms with van der Waals surface area (Å²) in [6, 6.07) is 4.11. The molecule has 0 aromatic carbocycles. The average molecular weight is 263 g/mol. The number of nitrogens with zero attached hydrogens (tertiary/aromatic N) is 2. The largest absolute Gasteiger partial charge is 0.368 e.